The van der Waals surface area contributed by atoms with Crippen LogP contribution in [0.25, 0.3) is 0 Å². The summed E-state index contributed by atoms with van der Waals surface area (Å²) in [5.74, 6) is 5.93. The van der Waals surface area contributed by atoms with Crippen LogP contribution in [0.2, 0.25) is 0 Å². The topological polar surface area (TPSA) is 58.3 Å². The molecule has 0 aromatic carbocycles. The average molecular weight is 503 g/mol. The number of aliphatic hydroxyl groups excluding tert-OH is 1. The average Bonchev–Trinajstić information content (AvgIpc) is 3.19. The molecule has 0 unspecified atom stereocenters. The number of unbranched alkanes of at least 4 members (excludes halogenated alkanes) is 3. The van der Waals surface area contributed by atoms with Crippen molar-refractivity contribution in [1.82, 2.24) is 5.32 Å². The number of aliphatic hydroxyl groups is 1. The molecule has 4 aliphatic rings. The Bertz CT molecular complexity index is 681. The van der Waals surface area contributed by atoms with Crippen LogP contribution in [-0.2, 0) is 0 Å². The maximum Gasteiger partial charge on any atom is 0.0543 e. The zero-order valence-electron chi connectivity index (χ0n) is 24.7. The van der Waals surface area contributed by atoms with Gasteiger partial charge >= 0.3 is 0 Å². The van der Waals surface area contributed by atoms with E-state index in [1.165, 1.54) is 90.0 Å². The number of hydrogen-bond acceptors (Lipinski definition) is 3. The van der Waals surface area contributed by atoms with Gasteiger partial charge in [-0.1, -0.05) is 66.7 Å². The Labute approximate surface area is 224 Å². The molecule has 0 aromatic rings. The quantitative estimate of drug-likeness (QED) is 0.241. The van der Waals surface area contributed by atoms with Crippen LogP contribution < -0.4 is 11.1 Å². The zero-order valence-corrected chi connectivity index (χ0v) is 24.7. The molecule has 4 aliphatic carbocycles. The predicted molar refractivity (Wildman–Crippen MR) is 154 cm³/mol. The largest absolute Gasteiger partial charge is 0.393 e. The van der Waals surface area contributed by atoms with Crippen LogP contribution in [0, 0.1) is 52.3 Å². The van der Waals surface area contributed by atoms with Gasteiger partial charge in [-0.2, -0.15) is 0 Å². The first-order valence-corrected chi connectivity index (χ1v) is 16.3. The maximum atomic E-state index is 10.6. The van der Waals surface area contributed by atoms with Crippen molar-refractivity contribution in [3.8, 4) is 0 Å². The predicted octanol–water partition coefficient (Wildman–Crippen LogP) is 7.56. The SMILES string of the molecule is CC(C)CCC[C@@H](C)[C@H]1CC[C@H]2[C@@H]3[C@@H](NCCCCCCN)C[C@H]4C[C@@H](O)CC[C@]4(C)[C@H]3CC[C@]12C. The Balaban J connectivity index is 1.49. The highest BCUT2D eigenvalue weighted by Gasteiger charge is 2.62. The monoisotopic (exact) mass is 502 g/mol. The molecule has 0 amide bonds. The van der Waals surface area contributed by atoms with Crippen LogP contribution in [0.5, 0.6) is 0 Å². The van der Waals surface area contributed by atoms with Crippen LogP contribution in [0.3, 0.4) is 0 Å². The highest BCUT2D eigenvalue weighted by molar-refractivity contribution is 5.13. The minimum Gasteiger partial charge on any atom is -0.393 e. The van der Waals surface area contributed by atoms with Gasteiger partial charge in [-0.25, -0.2) is 0 Å². The Hall–Kier alpha value is -0.120. The molecule has 0 saturated heterocycles. The Morgan fingerprint density at radius 3 is 2.31 bits per heavy atom. The maximum absolute atomic E-state index is 10.6. The fraction of sp³-hybridized carbons (Fsp3) is 1.00. The van der Waals surface area contributed by atoms with Crippen molar-refractivity contribution in [2.75, 3.05) is 13.1 Å². The van der Waals surface area contributed by atoms with E-state index in [1.807, 2.05) is 0 Å². The van der Waals surface area contributed by atoms with Gasteiger partial charge in [0, 0.05) is 6.04 Å². The van der Waals surface area contributed by atoms with E-state index < -0.39 is 0 Å². The fourth-order valence-electron chi connectivity index (χ4n) is 10.4. The molecule has 10 atom stereocenters. The number of hydrogen-bond donors (Lipinski definition) is 3. The van der Waals surface area contributed by atoms with Gasteiger partial charge in [0.2, 0.25) is 0 Å². The third-order valence-corrected chi connectivity index (χ3v) is 12.4. The van der Waals surface area contributed by atoms with Crippen molar-refractivity contribution in [3.63, 3.8) is 0 Å². The Kier molecular flexibility index (Phi) is 9.93. The summed E-state index contributed by atoms with van der Waals surface area (Å²) in [7, 11) is 0. The lowest BCUT2D eigenvalue weighted by molar-refractivity contribution is -0.142. The second-order valence-electron chi connectivity index (χ2n) is 15.0. The van der Waals surface area contributed by atoms with E-state index in [9.17, 15) is 5.11 Å². The van der Waals surface area contributed by atoms with Gasteiger partial charge in [0.15, 0.2) is 0 Å². The zero-order chi connectivity index (χ0) is 25.9. The first kappa shape index (κ1) is 28.9. The van der Waals surface area contributed by atoms with E-state index in [1.54, 1.807) is 0 Å². The molecule has 0 spiro atoms. The van der Waals surface area contributed by atoms with Crippen molar-refractivity contribution < 1.29 is 5.11 Å². The van der Waals surface area contributed by atoms with Crippen LogP contribution >= 0.6 is 0 Å². The summed E-state index contributed by atoms with van der Waals surface area (Å²) in [4.78, 5) is 0. The first-order chi connectivity index (χ1) is 17.2. The van der Waals surface area contributed by atoms with Gasteiger partial charge in [0.05, 0.1) is 6.10 Å². The second-order valence-corrected chi connectivity index (χ2v) is 15.0. The highest BCUT2D eigenvalue weighted by atomic mass is 16.3. The summed E-state index contributed by atoms with van der Waals surface area (Å²) >= 11 is 0. The molecule has 0 heterocycles. The summed E-state index contributed by atoms with van der Waals surface area (Å²) in [5, 5.41) is 14.8. The number of fused-ring (bicyclic) bond motifs is 5. The third-order valence-electron chi connectivity index (χ3n) is 12.4. The minimum atomic E-state index is -0.0621. The van der Waals surface area contributed by atoms with Gasteiger partial charge in [0.25, 0.3) is 0 Å². The van der Waals surface area contributed by atoms with Crippen LogP contribution in [0.4, 0.5) is 0 Å². The molecule has 0 aliphatic heterocycles. The molecule has 4 rings (SSSR count). The fourth-order valence-corrected chi connectivity index (χ4v) is 10.4. The third kappa shape index (κ3) is 5.89. The smallest absolute Gasteiger partial charge is 0.0543 e. The number of nitrogens with one attached hydrogen (secondary N) is 1. The standard InChI is InChI=1S/C33H62N2O/c1-23(2)11-10-12-24(3)27-13-14-28-31-29(16-18-33(27,28)5)32(4)17-15-26(36)21-25(32)22-30(31)35-20-9-7-6-8-19-34/h23-31,35-36H,6-22,34H2,1-5H3/t24-,25-,26+,27-,28+,29+,30+,31+,32+,33-/m1/s1. The van der Waals surface area contributed by atoms with Crippen molar-refractivity contribution in [2.24, 2.45) is 58.0 Å². The lowest BCUT2D eigenvalue weighted by Crippen LogP contribution is -2.61. The molecule has 4 N–H and O–H groups in total. The molecule has 3 nitrogen and oxygen atoms in total. The molecule has 36 heavy (non-hydrogen) atoms. The van der Waals surface area contributed by atoms with Gasteiger partial charge in [-0.15, -0.1) is 0 Å². The van der Waals surface area contributed by atoms with Crippen molar-refractivity contribution >= 4 is 0 Å². The van der Waals surface area contributed by atoms with Gasteiger partial charge in [0.1, 0.15) is 0 Å². The van der Waals surface area contributed by atoms with Gasteiger partial charge in [-0.3, -0.25) is 0 Å². The molecule has 210 valence electrons. The van der Waals surface area contributed by atoms with Crippen LogP contribution in [0.1, 0.15) is 131 Å². The summed E-state index contributed by atoms with van der Waals surface area (Å²) in [6.07, 6.45) is 19.7. The molecule has 0 aromatic heterocycles. The Morgan fingerprint density at radius 2 is 1.56 bits per heavy atom. The van der Waals surface area contributed by atoms with E-state index in [0.717, 1.165) is 54.9 Å². The van der Waals surface area contributed by atoms with E-state index in [0.29, 0.717) is 22.8 Å². The van der Waals surface area contributed by atoms with Crippen LogP contribution in [-0.4, -0.2) is 30.3 Å². The van der Waals surface area contributed by atoms with Gasteiger partial charge < -0.3 is 16.2 Å². The summed E-state index contributed by atoms with van der Waals surface area (Å²) in [5.41, 5.74) is 6.71. The Morgan fingerprint density at radius 1 is 0.833 bits per heavy atom. The van der Waals surface area contributed by atoms with Crippen molar-refractivity contribution in [1.29, 1.82) is 0 Å². The molecule has 0 bridgehead atoms. The van der Waals surface area contributed by atoms with Crippen LogP contribution in [0.15, 0.2) is 0 Å². The molecule has 4 fully saturated rings. The van der Waals surface area contributed by atoms with E-state index in [4.69, 9.17) is 5.73 Å². The normalized spacial score (nSPS) is 43.2. The summed E-state index contributed by atoms with van der Waals surface area (Å²) in [6, 6.07) is 0.660. The van der Waals surface area contributed by atoms with Crippen molar-refractivity contribution in [3.05, 3.63) is 0 Å². The molecule has 4 saturated carbocycles. The van der Waals surface area contributed by atoms with E-state index >= 15 is 0 Å². The molecular weight excluding hydrogens is 440 g/mol. The molecule has 3 heteroatoms. The van der Waals surface area contributed by atoms with Crippen molar-refractivity contribution in [2.45, 2.75) is 143 Å². The lowest BCUT2D eigenvalue weighted by Gasteiger charge is -2.63. The summed E-state index contributed by atoms with van der Waals surface area (Å²) < 4.78 is 0. The van der Waals surface area contributed by atoms with E-state index in [-0.39, 0.29) is 6.10 Å². The minimum absolute atomic E-state index is 0.0621. The van der Waals surface area contributed by atoms with E-state index in [2.05, 4.69) is 39.9 Å². The summed E-state index contributed by atoms with van der Waals surface area (Å²) in [6.45, 7) is 14.7. The first-order valence-electron chi connectivity index (χ1n) is 16.3. The molecule has 0 radical (unpaired) electrons. The lowest BCUT2D eigenvalue weighted by atomic mass is 9.43. The second kappa shape index (κ2) is 12.4. The number of rotatable bonds is 12. The highest BCUT2D eigenvalue weighted by Crippen LogP contribution is 2.68. The van der Waals surface area contributed by atoms with Gasteiger partial charge in [-0.05, 0) is 130 Å². The number of nitrogens with two attached hydrogens (primary N) is 1. The molecular formula is C33H62N2O.